The van der Waals surface area contributed by atoms with Gasteiger partial charge in [0.15, 0.2) is 0 Å². The Balaban J connectivity index is 1.88. The number of carbonyl (C=O) groups is 2. The fourth-order valence-electron chi connectivity index (χ4n) is 3.70. The van der Waals surface area contributed by atoms with Crippen molar-refractivity contribution < 1.29 is 14.0 Å². The number of nitrogens with one attached hydrogen (secondary N) is 1. The zero-order chi connectivity index (χ0) is 20.3. The number of para-hydroxylation sites is 1. The first-order chi connectivity index (χ1) is 13.4. The monoisotopic (exact) mass is 383 g/mol. The van der Waals surface area contributed by atoms with Crippen molar-refractivity contribution in [2.24, 2.45) is 0 Å². The summed E-state index contributed by atoms with van der Waals surface area (Å²) in [5.74, 6) is -0.536. The molecule has 28 heavy (non-hydrogen) atoms. The number of benzene rings is 2. The maximum atomic E-state index is 13.9. The second-order valence-corrected chi connectivity index (χ2v) is 7.26. The standard InChI is InChI=1S/C22H26FN3O2/c1-15-6-4-7-16(2)20(15)24-22(28)21(18-8-5-9-19(23)14-18)26-12-10-25(11-13-26)17(3)27/h4-9,14,21H,10-13H2,1-3H3,(H,24,28). The summed E-state index contributed by atoms with van der Waals surface area (Å²) in [7, 11) is 0. The van der Waals surface area contributed by atoms with Crippen molar-refractivity contribution in [3.05, 3.63) is 65.0 Å². The summed E-state index contributed by atoms with van der Waals surface area (Å²) >= 11 is 0. The van der Waals surface area contributed by atoms with Crippen LogP contribution in [-0.2, 0) is 9.59 Å². The number of aryl methyl sites for hydroxylation is 2. The van der Waals surface area contributed by atoms with E-state index < -0.39 is 6.04 Å². The zero-order valence-corrected chi connectivity index (χ0v) is 16.5. The minimum absolute atomic E-state index is 0.0296. The zero-order valence-electron chi connectivity index (χ0n) is 16.5. The van der Waals surface area contributed by atoms with Crippen molar-refractivity contribution >= 4 is 17.5 Å². The highest BCUT2D eigenvalue weighted by Gasteiger charge is 2.31. The van der Waals surface area contributed by atoms with Crippen LogP contribution in [0.2, 0.25) is 0 Å². The van der Waals surface area contributed by atoms with Crippen LogP contribution in [0.25, 0.3) is 0 Å². The number of halogens is 1. The Kier molecular flexibility index (Phi) is 6.09. The molecule has 2 amide bonds. The molecule has 1 heterocycles. The predicted molar refractivity (Wildman–Crippen MR) is 108 cm³/mol. The summed E-state index contributed by atoms with van der Waals surface area (Å²) in [5.41, 5.74) is 3.36. The molecule has 0 aromatic heterocycles. The van der Waals surface area contributed by atoms with E-state index in [-0.39, 0.29) is 17.6 Å². The third-order valence-corrected chi connectivity index (χ3v) is 5.27. The second-order valence-electron chi connectivity index (χ2n) is 7.26. The summed E-state index contributed by atoms with van der Waals surface area (Å²) in [4.78, 5) is 28.7. The third-order valence-electron chi connectivity index (χ3n) is 5.27. The third kappa shape index (κ3) is 4.39. The topological polar surface area (TPSA) is 52.7 Å². The van der Waals surface area contributed by atoms with Gasteiger partial charge in [0.2, 0.25) is 11.8 Å². The van der Waals surface area contributed by atoms with Crippen LogP contribution < -0.4 is 5.32 Å². The maximum absolute atomic E-state index is 13.9. The van der Waals surface area contributed by atoms with Gasteiger partial charge in [-0.25, -0.2) is 4.39 Å². The maximum Gasteiger partial charge on any atom is 0.246 e. The number of carbonyl (C=O) groups excluding carboxylic acids is 2. The van der Waals surface area contributed by atoms with Gasteiger partial charge in [0, 0.05) is 38.8 Å². The molecule has 3 rings (SSSR count). The fraction of sp³-hybridized carbons (Fsp3) is 0.364. The van der Waals surface area contributed by atoms with Crippen molar-refractivity contribution in [3.8, 4) is 0 Å². The highest BCUT2D eigenvalue weighted by Crippen LogP contribution is 2.27. The van der Waals surface area contributed by atoms with Gasteiger partial charge in [0.25, 0.3) is 0 Å². The van der Waals surface area contributed by atoms with Gasteiger partial charge in [-0.15, -0.1) is 0 Å². The molecule has 5 nitrogen and oxygen atoms in total. The Morgan fingerprint density at radius 2 is 1.61 bits per heavy atom. The van der Waals surface area contributed by atoms with Gasteiger partial charge >= 0.3 is 0 Å². The SMILES string of the molecule is CC(=O)N1CCN(C(C(=O)Nc2c(C)cccc2C)c2cccc(F)c2)CC1. The lowest BCUT2D eigenvalue weighted by Gasteiger charge is -2.38. The average molecular weight is 383 g/mol. The predicted octanol–water partition coefficient (Wildman–Crippen LogP) is 3.29. The highest BCUT2D eigenvalue weighted by molar-refractivity contribution is 5.96. The highest BCUT2D eigenvalue weighted by atomic mass is 19.1. The number of piperazine rings is 1. The molecular weight excluding hydrogens is 357 g/mol. The van der Waals surface area contributed by atoms with Crippen molar-refractivity contribution in [2.75, 3.05) is 31.5 Å². The lowest BCUT2D eigenvalue weighted by atomic mass is 10.0. The van der Waals surface area contributed by atoms with Gasteiger partial charge < -0.3 is 10.2 Å². The number of hydrogen-bond donors (Lipinski definition) is 1. The molecule has 1 fully saturated rings. The van der Waals surface area contributed by atoms with Crippen molar-refractivity contribution in [3.63, 3.8) is 0 Å². The van der Waals surface area contributed by atoms with E-state index in [1.54, 1.807) is 24.0 Å². The lowest BCUT2D eigenvalue weighted by molar-refractivity contribution is -0.131. The van der Waals surface area contributed by atoms with Crippen LogP contribution in [0, 0.1) is 19.7 Å². The fourth-order valence-corrected chi connectivity index (χ4v) is 3.70. The van der Waals surface area contributed by atoms with Crippen LogP contribution in [-0.4, -0.2) is 47.8 Å². The molecule has 1 aliphatic heterocycles. The number of nitrogens with zero attached hydrogens (tertiary/aromatic N) is 2. The summed E-state index contributed by atoms with van der Waals surface area (Å²) in [6.45, 7) is 7.67. The number of rotatable bonds is 4. The van der Waals surface area contributed by atoms with E-state index in [2.05, 4.69) is 5.32 Å². The molecule has 1 N–H and O–H groups in total. The Labute approximate surface area is 165 Å². The molecule has 6 heteroatoms. The summed E-state index contributed by atoms with van der Waals surface area (Å²) in [5, 5.41) is 3.04. The average Bonchev–Trinajstić information content (AvgIpc) is 2.65. The van der Waals surface area contributed by atoms with Crippen LogP contribution in [0.15, 0.2) is 42.5 Å². The van der Waals surface area contributed by atoms with E-state index in [4.69, 9.17) is 0 Å². The van der Waals surface area contributed by atoms with Gasteiger partial charge in [-0.1, -0.05) is 30.3 Å². The Morgan fingerprint density at radius 3 is 2.18 bits per heavy atom. The van der Waals surface area contributed by atoms with Gasteiger partial charge in [0.1, 0.15) is 11.9 Å². The number of anilines is 1. The second kappa shape index (κ2) is 8.52. The molecule has 1 saturated heterocycles. The Bertz CT molecular complexity index is 856. The lowest BCUT2D eigenvalue weighted by Crippen LogP contribution is -2.51. The van der Waals surface area contributed by atoms with Crippen LogP contribution in [0.5, 0.6) is 0 Å². The smallest absolute Gasteiger partial charge is 0.246 e. The molecule has 148 valence electrons. The van der Waals surface area contributed by atoms with Crippen molar-refractivity contribution in [1.82, 2.24) is 9.80 Å². The number of amides is 2. The first-order valence-electron chi connectivity index (χ1n) is 9.49. The van der Waals surface area contributed by atoms with E-state index in [0.717, 1.165) is 16.8 Å². The molecule has 1 atom stereocenters. The molecule has 0 aliphatic carbocycles. The van der Waals surface area contributed by atoms with E-state index in [9.17, 15) is 14.0 Å². The minimum Gasteiger partial charge on any atom is -0.340 e. The molecule has 2 aromatic carbocycles. The van der Waals surface area contributed by atoms with Gasteiger partial charge in [0.05, 0.1) is 0 Å². The first kappa shape index (κ1) is 20.0. The van der Waals surface area contributed by atoms with Gasteiger partial charge in [-0.05, 0) is 42.7 Å². The molecule has 1 aliphatic rings. The normalized spacial score (nSPS) is 15.9. The molecule has 0 bridgehead atoms. The quantitative estimate of drug-likeness (QED) is 0.882. The summed E-state index contributed by atoms with van der Waals surface area (Å²) < 4.78 is 13.9. The van der Waals surface area contributed by atoms with Crippen LogP contribution in [0.4, 0.5) is 10.1 Å². The van der Waals surface area contributed by atoms with E-state index in [1.165, 1.54) is 12.1 Å². The molecule has 0 spiro atoms. The number of hydrogen-bond acceptors (Lipinski definition) is 3. The Hall–Kier alpha value is -2.73. The molecule has 0 radical (unpaired) electrons. The first-order valence-corrected chi connectivity index (χ1v) is 9.49. The van der Waals surface area contributed by atoms with Gasteiger partial charge in [-0.2, -0.15) is 0 Å². The van der Waals surface area contributed by atoms with Crippen LogP contribution in [0.3, 0.4) is 0 Å². The molecular formula is C22H26FN3O2. The Morgan fingerprint density at radius 1 is 1.00 bits per heavy atom. The minimum atomic E-state index is -0.621. The summed E-state index contributed by atoms with van der Waals surface area (Å²) in [6.07, 6.45) is 0. The van der Waals surface area contributed by atoms with E-state index in [0.29, 0.717) is 31.7 Å². The summed E-state index contributed by atoms with van der Waals surface area (Å²) in [6, 6.07) is 11.4. The van der Waals surface area contributed by atoms with E-state index >= 15 is 0 Å². The van der Waals surface area contributed by atoms with Gasteiger partial charge in [-0.3, -0.25) is 14.5 Å². The van der Waals surface area contributed by atoms with E-state index in [1.807, 2.05) is 36.9 Å². The van der Waals surface area contributed by atoms with Crippen LogP contribution in [0.1, 0.15) is 29.7 Å². The van der Waals surface area contributed by atoms with Crippen LogP contribution >= 0.6 is 0 Å². The molecule has 2 aromatic rings. The molecule has 1 unspecified atom stereocenters. The largest absolute Gasteiger partial charge is 0.340 e. The molecule has 0 saturated carbocycles. The van der Waals surface area contributed by atoms with Crippen molar-refractivity contribution in [1.29, 1.82) is 0 Å². The van der Waals surface area contributed by atoms with Crippen molar-refractivity contribution in [2.45, 2.75) is 26.8 Å².